The molecule has 0 aromatic carbocycles. The molecule has 1 N–H and O–H groups in total. The van der Waals surface area contributed by atoms with Crippen LogP contribution in [-0.4, -0.2) is 63.4 Å². The summed E-state index contributed by atoms with van der Waals surface area (Å²) in [6.45, 7) is 5.09. The Labute approximate surface area is 103 Å². The quantitative estimate of drug-likeness (QED) is 0.727. The minimum absolute atomic E-state index is 0.123. The zero-order valence-corrected chi connectivity index (χ0v) is 11.1. The average molecular weight is 244 g/mol. The Bertz CT molecular complexity index is 230. The van der Waals surface area contributed by atoms with Crippen LogP contribution in [0.2, 0.25) is 0 Å². The van der Waals surface area contributed by atoms with Gasteiger partial charge in [0, 0.05) is 40.2 Å². The monoisotopic (exact) mass is 244 g/mol. The van der Waals surface area contributed by atoms with Gasteiger partial charge in [0.1, 0.15) is 0 Å². The van der Waals surface area contributed by atoms with Crippen LogP contribution in [0.1, 0.15) is 19.8 Å². The van der Waals surface area contributed by atoms with Gasteiger partial charge in [0.15, 0.2) is 0 Å². The molecule has 1 heterocycles. The van der Waals surface area contributed by atoms with E-state index in [0.29, 0.717) is 13.0 Å². The fraction of sp³-hybridized carbons (Fsp3) is 0.917. The van der Waals surface area contributed by atoms with E-state index >= 15 is 0 Å². The van der Waals surface area contributed by atoms with Crippen LogP contribution in [0.5, 0.6) is 0 Å². The van der Waals surface area contributed by atoms with Crippen LogP contribution >= 0.6 is 0 Å². The molecule has 1 rings (SSSR count). The third-order valence-corrected chi connectivity index (χ3v) is 3.07. The largest absolute Gasteiger partial charge is 0.382 e. The van der Waals surface area contributed by atoms with Gasteiger partial charge in [-0.2, -0.15) is 0 Å². The molecule has 0 aliphatic carbocycles. The molecule has 0 bridgehead atoms. The maximum Gasteiger partial charge on any atom is 0.222 e. The number of hydrogen-bond acceptors (Lipinski definition) is 4. The molecule has 0 radical (unpaired) electrons. The summed E-state index contributed by atoms with van der Waals surface area (Å²) < 4.78 is 10.7. The highest BCUT2D eigenvalue weighted by atomic mass is 16.5. The summed E-state index contributed by atoms with van der Waals surface area (Å²) in [6.07, 6.45) is 1.56. The van der Waals surface area contributed by atoms with Crippen molar-refractivity contribution in [3.05, 3.63) is 0 Å². The Morgan fingerprint density at radius 2 is 2.41 bits per heavy atom. The summed E-state index contributed by atoms with van der Waals surface area (Å²) in [5.74, 6) is 0.156. The summed E-state index contributed by atoms with van der Waals surface area (Å²) >= 11 is 0. The maximum atomic E-state index is 11.8. The van der Waals surface area contributed by atoms with Crippen molar-refractivity contribution < 1.29 is 14.3 Å². The minimum Gasteiger partial charge on any atom is -0.382 e. The van der Waals surface area contributed by atoms with Gasteiger partial charge < -0.3 is 19.7 Å². The first kappa shape index (κ1) is 14.4. The highest BCUT2D eigenvalue weighted by Crippen LogP contribution is 2.05. The number of methoxy groups -OCH3 is 1. The molecule has 5 nitrogen and oxygen atoms in total. The molecule has 0 spiro atoms. The number of rotatable bonds is 6. The van der Waals surface area contributed by atoms with Crippen molar-refractivity contribution in [2.75, 3.05) is 40.4 Å². The molecule has 0 saturated carbocycles. The van der Waals surface area contributed by atoms with Crippen molar-refractivity contribution in [1.29, 1.82) is 0 Å². The van der Waals surface area contributed by atoms with Crippen molar-refractivity contribution in [3.63, 3.8) is 0 Å². The van der Waals surface area contributed by atoms with E-state index in [1.54, 1.807) is 12.0 Å². The zero-order chi connectivity index (χ0) is 12.7. The van der Waals surface area contributed by atoms with Crippen LogP contribution in [0.3, 0.4) is 0 Å². The maximum absolute atomic E-state index is 11.8. The van der Waals surface area contributed by atoms with Gasteiger partial charge in [0.25, 0.3) is 0 Å². The molecular formula is C12H24N2O3. The van der Waals surface area contributed by atoms with Gasteiger partial charge in [-0.05, 0) is 13.3 Å². The number of amides is 1. The lowest BCUT2D eigenvalue weighted by atomic mass is 10.2. The van der Waals surface area contributed by atoms with Crippen LogP contribution < -0.4 is 5.32 Å². The zero-order valence-electron chi connectivity index (χ0n) is 11.1. The van der Waals surface area contributed by atoms with Crippen LogP contribution in [0.25, 0.3) is 0 Å². The van der Waals surface area contributed by atoms with E-state index in [1.165, 1.54) is 0 Å². The summed E-state index contributed by atoms with van der Waals surface area (Å²) in [5.41, 5.74) is 0. The van der Waals surface area contributed by atoms with E-state index in [4.69, 9.17) is 9.47 Å². The molecule has 17 heavy (non-hydrogen) atoms. The predicted molar refractivity (Wildman–Crippen MR) is 66.0 cm³/mol. The van der Waals surface area contributed by atoms with Gasteiger partial charge in [-0.1, -0.05) is 0 Å². The number of likely N-dealkylation sites (N-methyl/N-ethyl adjacent to an activating group) is 1. The fourth-order valence-electron chi connectivity index (χ4n) is 1.78. The summed E-state index contributed by atoms with van der Waals surface area (Å²) in [7, 11) is 3.50. The van der Waals surface area contributed by atoms with E-state index in [2.05, 4.69) is 5.32 Å². The third kappa shape index (κ3) is 5.48. The molecular weight excluding hydrogens is 220 g/mol. The molecule has 5 heteroatoms. The lowest BCUT2D eigenvalue weighted by Crippen LogP contribution is -2.45. The van der Waals surface area contributed by atoms with Crippen LogP contribution in [-0.2, 0) is 14.3 Å². The Kier molecular flexibility index (Phi) is 6.47. The second-order valence-electron chi connectivity index (χ2n) is 4.56. The Hall–Kier alpha value is -0.650. The Balaban J connectivity index is 2.21. The lowest BCUT2D eigenvalue weighted by Gasteiger charge is -2.28. The molecule has 2 unspecified atom stereocenters. The van der Waals surface area contributed by atoms with Gasteiger partial charge in [0.05, 0.1) is 18.8 Å². The van der Waals surface area contributed by atoms with E-state index in [0.717, 1.165) is 26.1 Å². The van der Waals surface area contributed by atoms with Crippen molar-refractivity contribution in [3.8, 4) is 0 Å². The lowest BCUT2D eigenvalue weighted by molar-refractivity contribution is -0.132. The number of nitrogens with zero attached hydrogens (tertiary/aromatic N) is 1. The highest BCUT2D eigenvalue weighted by Gasteiger charge is 2.18. The molecule has 1 amide bonds. The van der Waals surface area contributed by atoms with Gasteiger partial charge >= 0.3 is 0 Å². The molecule has 0 aromatic heterocycles. The number of nitrogens with one attached hydrogen (secondary N) is 1. The molecule has 1 fully saturated rings. The molecule has 100 valence electrons. The van der Waals surface area contributed by atoms with Crippen LogP contribution in [0.4, 0.5) is 0 Å². The first-order valence-electron chi connectivity index (χ1n) is 6.22. The first-order chi connectivity index (χ1) is 8.13. The van der Waals surface area contributed by atoms with Crippen LogP contribution in [0.15, 0.2) is 0 Å². The number of ether oxygens (including phenoxy) is 2. The highest BCUT2D eigenvalue weighted by molar-refractivity contribution is 5.75. The number of carbonyl (C=O) groups is 1. The SMILES string of the molecule is COC(C)CCC(=O)N(C)CC1CNCCO1. The van der Waals surface area contributed by atoms with Gasteiger partial charge in [-0.3, -0.25) is 4.79 Å². The molecule has 1 aliphatic rings. The second-order valence-corrected chi connectivity index (χ2v) is 4.56. The standard InChI is InChI=1S/C12H24N2O3/c1-10(16-3)4-5-12(15)14(2)9-11-8-13-6-7-17-11/h10-11,13H,4-9H2,1-3H3. The first-order valence-corrected chi connectivity index (χ1v) is 6.22. The summed E-state index contributed by atoms with van der Waals surface area (Å²) in [6, 6.07) is 0. The summed E-state index contributed by atoms with van der Waals surface area (Å²) in [5, 5.41) is 3.26. The minimum atomic E-state index is 0.123. The second kappa shape index (κ2) is 7.63. The summed E-state index contributed by atoms with van der Waals surface area (Å²) in [4.78, 5) is 13.6. The van der Waals surface area contributed by atoms with Gasteiger partial charge in [0.2, 0.25) is 5.91 Å². The Morgan fingerprint density at radius 3 is 3.00 bits per heavy atom. The van der Waals surface area contributed by atoms with E-state index in [1.807, 2.05) is 14.0 Å². The average Bonchev–Trinajstić information content (AvgIpc) is 2.36. The third-order valence-electron chi connectivity index (χ3n) is 3.07. The molecule has 1 saturated heterocycles. The molecule has 2 atom stereocenters. The van der Waals surface area contributed by atoms with Crippen LogP contribution in [0, 0.1) is 0 Å². The van der Waals surface area contributed by atoms with E-state index < -0.39 is 0 Å². The van der Waals surface area contributed by atoms with Crippen molar-refractivity contribution in [1.82, 2.24) is 10.2 Å². The van der Waals surface area contributed by atoms with Crippen molar-refractivity contribution in [2.45, 2.75) is 32.0 Å². The smallest absolute Gasteiger partial charge is 0.222 e. The van der Waals surface area contributed by atoms with Gasteiger partial charge in [-0.25, -0.2) is 0 Å². The predicted octanol–water partition coefficient (Wildman–Crippen LogP) is 0.248. The normalized spacial score (nSPS) is 22.2. The van der Waals surface area contributed by atoms with Crippen molar-refractivity contribution in [2.24, 2.45) is 0 Å². The van der Waals surface area contributed by atoms with Gasteiger partial charge in [-0.15, -0.1) is 0 Å². The number of carbonyl (C=O) groups excluding carboxylic acids is 1. The number of hydrogen-bond donors (Lipinski definition) is 1. The van der Waals surface area contributed by atoms with E-state index in [-0.39, 0.29) is 18.1 Å². The topological polar surface area (TPSA) is 50.8 Å². The van der Waals surface area contributed by atoms with Crippen molar-refractivity contribution >= 4 is 5.91 Å². The Morgan fingerprint density at radius 1 is 1.65 bits per heavy atom. The van der Waals surface area contributed by atoms with E-state index in [9.17, 15) is 4.79 Å². The molecule has 1 aliphatic heterocycles. The fourth-order valence-corrected chi connectivity index (χ4v) is 1.78. The number of morpholine rings is 1. The molecule has 0 aromatic rings.